The van der Waals surface area contributed by atoms with Gasteiger partial charge in [-0.3, -0.25) is 19.6 Å². The zero-order valence-corrected chi connectivity index (χ0v) is 17.9. The van der Waals surface area contributed by atoms with E-state index in [-0.39, 0.29) is 5.92 Å². The molecule has 2 aliphatic heterocycles. The van der Waals surface area contributed by atoms with E-state index in [4.69, 9.17) is 0 Å². The zero-order valence-electron chi connectivity index (χ0n) is 17.9. The molecule has 4 rings (SSSR count). The molecule has 0 radical (unpaired) electrons. The smallest absolute Gasteiger partial charge is 0.224 e. The number of amides is 1. The summed E-state index contributed by atoms with van der Waals surface area (Å²) in [4.78, 5) is 22.2. The van der Waals surface area contributed by atoms with Gasteiger partial charge in [-0.05, 0) is 75.7 Å². The lowest BCUT2D eigenvalue weighted by molar-refractivity contribution is -0.127. The van der Waals surface area contributed by atoms with Crippen molar-refractivity contribution in [2.24, 2.45) is 11.8 Å². The number of hydrogen-bond donors (Lipinski definition) is 1. The Morgan fingerprint density at radius 2 is 1.86 bits per heavy atom. The molecule has 1 aromatic rings. The van der Waals surface area contributed by atoms with Crippen molar-refractivity contribution in [1.82, 2.24) is 20.1 Å². The highest BCUT2D eigenvalue weighted by atomic mass is 16.1. The van der Waals surface area contributed by atoms with Crippen molar-refractivity contribution in [2.45, 2.75) is 70.4 Å². The molecule has 3 aliphatic rings. The van der Waals surface area contributed by atoms with Crippen LogP contribution in [0.2, 0.25) is 0 Å². The van der Waals surface area contributed by atoms with Crippen LogP contribution in [0.25, 0.3) is 0 Å². The SMILES string of the molecule is O=C(NCC1CCCCC1)[C@H]1CCCN(C2CCN(Cc3cccnc3)CC2)C1. The fourth-order valence-corrected chi connectivity index (χ4v) is 5.53. The number of carbonyl (C=O) groups excluding carboxylic acids is 1. The van der Waals surface area contributed by atoms with Gasteiger partial charge in [-0.1, -0.05) is 25.3 Å². The maximum atomic E-state index is 12.8. The fraction of sp³-hybridized carbons (Fsp3) is 0.750. The summed E-state index contributed by atoms with van der Waals surface area (Å²) < 4.78 is 0. The molecule has 1 aromatic heterocycles. The number of pyridine rings is 1. The molecule has 1 amide bonds. The summed E-state index contributed by atoms with van der Waals surface area (Å²) in [6.07, 6.45) is 15.2. The van der Waals surface area contributed by atoms with Gasteiger partial charge < -0.3 is 5.32 Å². The molecule has 0 spiro atoms. The quantitative estimate of drug-likeness (QED) is 0.797. The molecule has 5 nitrogen and oxygen atoms in total. The summed E-state index contributed by atoms with van der Waals surface area (Å²) in [6.45, 7) is 6.33. The largest absolute Gasteiger partial charge is 0.356 e. The van der Waals surface area contributed by atoms with Crippen LogP contribution in [0, 0.1) is 11.8 Å². The van der Waals surface area contributed by atoms with Gasteiger partial charge in [-0.2, -0.15) is 0 Å². The van der Waals surface area contributed by atoms with E-state index in [1.165, 1.54) is 57.1 Å². The van der Waals surface area contributed by atoms with E-state index < -0.39 is 0 Å². The van der Waals surface area contributed by atoms with Crippen LogP contribution in [0.4, 0.5) is 0 Å². The van der Waals surface area contributed by atoms with Crippen LogP contribution in [-0.4, -0.2) is 59.5 Å². The Morgan fingerprint density at radius 1 is 1.03 bits per heavy atom. The molecule has 160 valence electrons. The van der Waals surface area contributed by atoms with Crippen molar-refractivity contribution in [2.75, 3.05) is 32.7 Å². The Morgan fingerprint density at radius 3 is 2.62 bits per heavy atom. The van der Waals surface area contributed by atoms with Crippen molar-refractivity contribution >= 4 is 5.91 Å². The first-order valence-corrected chi connectivity index (χ1v) is 11.9. The maximum Gasteiger partial charge on any atom is 0.224 e. The Balaban J connectivity index is 1.20. The third kappa shape index (κ3) is 6.02. The first-order valence-electron chi connectivity index (χ1n) is 11.9. The molecule has 0 unspecified atom stereocenters. The summed E-state index contributed by atoms with van der Waals surface area (Å²) in [5.41, 5.74) is 1.30. The topological polar surface area (TPSA) is 48.5 Å². The highest BCUT2D eigenvalue weighted by Gasteiger charge is 2.31. The van der Waals surface area contributed by atoms with Crippen molar-refractivity contribution < 1.29 is 4.79 Å². The summed E-state index contributed by atoms with van der Waals surface area (Å²) in [7, 11) is 0. The van der Waals surface area contributed by atoms with Gasteiger partial charge >= 0.3 is 0 Å². The highest BCUT2D eigenvalue weighted by Crippen LogP contribution is 2.26. The van der Waals surface area contributed by atoms with Crippen LogP contribution in [0.3, 0.4) is 0 Å². The minimum atomic E-state index is 0.195. The van der Waals surface area contributed by atoms with Gasteiger partial charge in [-0.15, -0.1) is 0 Å². The van der Waals surface area contributed by atoms with Crippen LogP contribution >= 0.6 is 0 Å². The van der Waals surface area contributed by atoms with E-state index in [0.717, 1.165) is 51.5 Å². The highest BCUT2D eigenvalue weighted by molar-refractivity contribution is 5.79. The molecule has 0 aromatic carbocycles. The summed E-state index contributed by atoms with van der Waals surface area (Å²) >= 11 is 0. The minimum Gasteiger partial charge on any atom is -0.356 e. The minimum absolute atomic E-state index is 0.195. The van der Waals surface area contributed by atoms with Gasteiger partial charge in [0.05, 0.1) is 5.92 Å². The Labute approximate surface area is 176 Å². The molecule has 3 fully saturated rings. The summed E-state index contributed by atoms with van der Waals surface area (Å²) in [5.74, 6) is 1.23. The van der Waals surface area contributed by atoms with E-state index >= 15 is 0 Å². The van der Waals surface area contributed by atoms with Crippen LogP contribution in [0.1, 0.15) is 63.4 Å². The molecule has 29 heavy (non-hydrogen) atoms. The monoisotopic (exact) mass is 398 g/mol. The van der Waals surface area contributed by atoms with Gasteiger partial charge in [-0.25, -0.2) is 0 Å². The third-order valence-electron chi connectivity index (χ3n) is 7.32. The molecule has 1 saturated carbocycles. The molecule has 1 N–H and O–H groups in total. The van der Waals surface area contributed by atoms with E-state index in [2.05, 4.69) is 26.2 Å². The number of nitrogens with zero attached hydrogens (tertiary/aromatic N) is 3. The van der Waals surface area contributed by atoms with Crippen molar-refractivity contribution in [3.63, 3.8) is 0 Å². The standard InChI is InChI=1S/C24H38N4O/c29-24(26-17-20-6-2-1-3-7-20)22-9-5-13-28(19-22)23-10-14-27(15-11-23)18-21-8-4-12-25-16-21/h4,8,12,16,20,22-23H,1-3,5-7,9-11,13-15,17-19H2,(H,26,29)/t22-/m0/s1. The third-order valence-corrected chi connectivity index (χ3v) is 7.32. The van der Waals surface area contributed by atoms with Crippen LogP contribution in [0.15, 0.2) is 24.5 Å². The molecule has 5 heteroatoms. The predicted molar refractivity (Wildman–Crippen MR) is 116 cm³/mol. The molecular weight excluding hydrogens is 360 g/mol. The van der Waals surface area contributed by atoms with E-state index in [1.807, 2.05) is 18.5 Å². The van der Waals surface area contributed by atoms with Gasteiger partial charge in [0.15, 0.2) is 0 Å². The second kappa shape index (κ2) is 10.5. The first kappa shape index (κ1) is 20.8. The lowest BCUT2D eigenvalue weighted by Gasteiger charge is -2.42. The van der Waals surface area contributed by atoms with Gasteiger partial charge in [0.25, 0.3) is 0 Å². The first-order chi connectivity index (χ1) is 14.3. The van der Waals surface area contributed by atoms with E-state index in [9.17, 15) is 4.79 Å². The van der Waals surface area contributed by atoms with E-state index in [1.54, 1.807) is 0 Å². The Hall–Kier alpha value is -1.46. The van der Waals surface area contributed by atoms with Crippen LogP contribution in [0.5, 0.6) is 0 Å². The maximum absolute atomic E-state index is 12.8. The summed E-state index contributed by atoms with van der Waals surface area (Å²) in [5, 5.41) is 3.30. The van der Waals surface area contributed by atoms with E-state index in [0.29, 0.717) is 11.9 Å². The zero-order chi connectivity index (χ0) is 19.9. The normalized spacial score (nSPS) is 25.7. The summed E-state index contributed by atoms with van der Waals surface area (Å²) in [6, 6.07) is 4.84. The lowest BCUT2D eigenvalue weighted by Crippen LogP contribution is -2.51. The number of likely N-dealkylation sites (tertiary alicyclic amines) is 2. The number of piperidine rings is 2. The Bertz CT molecular complexity index is 623. The molecule has 2 saturated heterocycles. The molecule has 0 bridgehead atoms. The van der Waals surface area contributed by atoms with Crippen molar-refractivity contribution in [1.29, 1.82) is 0 Å². The second-order valence-corrected chi connectivity index (χ2v) is 9.45. The number of carbonyl (C=O) groups is 1. The predicted octanol–water partition coefficient (Wildman–Crippen LogP) is 3.45. The Kier molecular flexibility index (Phi) is 7.55. The number of nitrogens with one attached hydrogen (secondary N) is 1. The fourth-order valence-electron chi connectivity index (χ4n) is 5.53. The average Bonchev–Trinajstić information content (AvgIpc) is 2.79. The second-order valence-electron chi connectivity index (χ2n) is 9.45. The van der Waals surface area contributed by atoms with Gasteiger partial charge in [0.1, 0.15) is 0 Å². The van der Waals surface area contributed by atoms with Gasteiger partial charge in [0.2, 0.25) is 5.91 Å². The van der Waals surface area contributed by atoms with Crippen molar-refractivity contribution in [3.8, 4) is 0 Å². The lowest BCUT2D eigenvalue weighted by atomic mass is 9.89. The molecule has 3 heterocycles. The molecule has 1 aliphatic carbocycles. The average molecular weight is 399 g/mol. The number of hydrogen-bond acceptors (Lipinski definition) is 4. The van der Waals surface area contributed by atoms with Gasteiger partial charge in [0, 0.05) is 38.1 Å². The number of aromatic nitrogens is 1. The van der Waals surface area contributed by atoms with Crippen LogP contribution < -0.4 is 5.32 Å². The van der Waals surface area contributed by atoms with Crippen LogP contribution in [-0.2, 0) is 11.3 Å². The van der Waals surface area contributed by atoms with Crippen molar-refractivity contribution in [3.05, 3.63) is 30.1 Å². The number of rotatable bonds is 6. The molecule has 1 atom stereocenters. The molecular formula is C24H38N4O.